The molecule has 1 aromatic heterocycles. The lowest BCUT2D eigenvalue weighted by atomic mass is 9.98. The summed E-state index contributed by atoms with van der Waals surface area (Å²) in [6.45, 7) is 10.6. The van der Waals surface area contributed by atoms with E-state index in [0.29, 0.717) is 6.61 Å². The molecule has 0 amide bonds. The summed E-state index contributed by atoms with van der Waals surface area (Å²) in [5, 5.41) is 0. The Morgan fingerprint density at radius 2 is 1.96 bits per heavy atom. The number of allylic oxidation sites excluding steroid dienone is 1. The van der Waals surface area contributed by atoms with Gasteiger partial charge < -0.3 is 4.74 Å². The molecule has 0 N–H and O–H groups in total. The average Bonchev–Trinajstić information content (AvgIpc) is 2.60. The molecule has 0 aliphatic rings. The lowest BCUT2D eigenvalue weighted by molar-refractivity contribution is 0.303. The Kier molecular flexibility index (Phi) is 7.64. The fourth-order valence-corrected chi connectivity index (χ4v) is 2.46. The van der Waals surface area contributed by atoms with Crippen LogP contribution >= 0.6 is 0 Å². The Morgan fingerprint density at radius 3 is 2.70 bits per heavy atom. The summed E-state index contributed by atoms with van der Waals surface area (Å²) in [7, 11) is 2.07. The average molecular weight is 363 g/mol. The molecule has 0 saturated heterocycles. The van der Waals surface area contributed by atoms with Crippen molar-refractivity contribution in [1.82, 2.24) is 9.88 Å². The highest BCUT2D eigenvalue weighted by molar-refractivity contribution is 5.27. The van der Waals surface area contributed by atoms with E-state index in [0.717, 1.165) is 24.5 Å². The summed E-state index contributed by atoms with van der Waals surface area (Å²) in [5.41, 5.74) is 3.48. The van der Waals surface area contributed by atoms with Crippen LogP contribution in [-0.2, 0) is 13.2 Å². The van der Waals surface area contributed by atoms with Gasteiger partial charge >= 0.3 is 0 Å². The number of nitrogens with zero attached hydrogens (tertiary/aromatic N) is 2. The van der Waals surface area contributed by atoms with Gasteiger partial charge in [0.1, 0.15) is 12.4 Å². The quantitative estimate of drug-likeness (QED) is 0.648. The van der Waals surface area contributed by atoms with E-state index < -0.39 is 0 Å². The Labute approximate surface area is 164 Å². The van der Waals surface area contributed by atoms with Gasteiger partial charge in [-0.15, -0.1) is 0 Å². The predicted octanol–water partition coefficient (Wildman–Crippen LogP) is 5.01. The first kappa shape index (κ1) is 20.7. The lowest BCUT2D eigenvalue weighted by Gasteiger charge is -2.14. The Hall–Kier alpha value is -2.57. The van der Waals surface area contributed by atoms with Gasteiger partial charge in [-0.05, 0) is 58.0 Å². The van der Waals surface area contributed by atoms with Crippen molar-refractivity contribution < 1.29 is 4.74 Å². The molecule has 0 aliphatic heterocycles. The number of likely N-dealkylation sites (N-methyl/N-ethyl adjacent to an activating group) is 1. The molecule has 0 fully saturated rings. The summed E-state index contributed by atoms with van der Waals surface area (Å²) < 4.78 is 5.95. The van der Waals surface area contributed by atoms with Crippen molar-refractivity contribution in [3.05, 3.63) is 71.6 Å². The zero-order valence-corrected chi connectivity index (χ0v) is 17.1. The van der Waals surface area contributed by atoms with Gasteiger partial charge in [0.15, 0.2) is 0 Å². The summed E-state index contributed by atoms with van der Waals surface area (Å²) in [6, 6.07) is 12.2. The van der Waals surface area contributed by atoms with E-state index >= 15 is 0 Å². The first-order valence-electron chi connectivity index (χ1n) is 9.32. The Balaban J connectivity index is 1.86. The second kappa shape index (κ2) is 9.94. The minimum absolute atomic E-state index is 0.0406. The van der Waals surface area contributed by atoms with E-state index in [4.69, 9.17) is 4.74 Å². The minimum Gasteiger partial charge on any atom is -0.489 e. The zero-order chi connectivity index (χ0) is 19.7. The van der Waals surface area contributed by atoms with Crippen molar-refractivity contribution in [3.63, 3.8) is 0 Å². The van der Waals surface area contributed by atoms with Crippen molar-refractivity contribution >= 4 is 0 Å². The highest BCUT2D eigenvalue weighted by atomic mass is 16.5. The van der Waals surface area contributed by atoms with Crippen molar-refractivity contribution in [2.45, 2.75) is 40.8 Å². The SMILES string of the molecule is Cc1ccccc1COc1ccnc(CN(C)C/C=C/C#CC(C)(C)C)c1. The van der Waals surface area contributed by atoms with Crippen LogP contribution in [-0.4, -0.2) is 23.5 Å². The van der Waals surface area contributed by atoms with Gasteiger partial charge in [0.25, 0.3) is 0 Å². The molecular formula is C24H30N2O. The van der Waals surface area contributed by atoms with Crippen molar-refractivity contribution in [1.29, 1.82) is 0 Å². The molecule has 27 heavy (non-hydrogen) atoms. The highest BCUT2D eigenvalue weighted by Gasteiger charge is 2.04. The fraction of sp³-hybridized carbons (Fsp3) is 0.375. The van der Waals surface area contributed by atoms with Crippen LogP contribution in [0.3, 0.4) is 0 Å². The number of hydrogen-bond donors (Lipinski definition) is 0. The molecule has 1 heterocycles. The van der Waals surface area contributed by atoms with Crippen molar-refractivity contribution in [3.8, 4) is 17.6 Å². The second-order valence-corrected chi connectivity index (χ2v) is 7.82. The summed E-state index contributed by atoms with van der Waals surface area (Å²) in [4.78, 5) is 6.65. The number of aryl methyl sites for hydroxylation is 1. The monoisotopic (exact) mass is 362 g/mol. The van der Waals surface area contributed by atoms with Gasteiger partial charge in [0.05, 0.1) is 5.69 Å². The van der Waals surface area contributed by atoms with Crippen LogP contribution in [0.1, 0.15) is 37.6 Å². The van der Waals surface area contributed by atoms with Crippen LogP contribution in [0.5, 0.6) is 5.75 Å². The first-order chi connectivity index (χ1) is 12.8. The molecule has 2 rings (SSSR count). The zero-order valence-electron chi connectivity index (χ0n) is 17.1. The molecule has 0 unspecified atom stereocenters. The molecule has 0 saturated carbocycles. The summed E-state index contributed by atoms with van der Waals surface area (Å²) in [5.74, 6) is 7.15. The molecule has 2 aromatic rings. The maximum Gasteiger partial charge on any atom is 0.123 e. The van der Waals surface area contributed by atoms with Crippen molar-refractivity contribution in [2.24, 2.45) is 5.41 Å². The molecule has 0 spiro atoms. The standard InChI is InChI=1S/C24H30N2O/c1-20-11-7-8-12-21(20)19-27-23-13-15-25-22(17-23)18-26(5)16-10-6-9-14-24(2,3)4/h6-8,10-13,15,17H,16,18-19H2,1-5H3/b10-6+. The number of ether oxygens (including phenoxy) is 1. The molecule has 142 valence electrons. The van der Waals surface area contributed by atoms with E-state index in [-0.39, 0.29) is 5.41 Å². The molecule has 3 nitrogen and oxygen atoms in total. The van der Waals surface area contributed by atoms with Gasteiger partial charge in [-0.2, -0.15) is 0 Å². The molecule has 0 atom stereocenters. The highest BCUT2D eigenvalue weighted by Crippen LogP contribution is 2.16. The maximum absolute atomic E-state index is 5.95. The van der Waals surface area contributed by atoms with Crippen LogP contribution in [0.15, 0.2) is 54.7 Å². The maximum atomic E-state index is 5.95. The largest absolute Gasteiger partial charge is 0.489 e. The van der Waals surface area contributed by atoms with Gasteiger partial charge in [-0.25, -0.2) is 0 Å². The normalized spacial score (nSPS) is 11.5. The number of benzene rings is 1. The predicted molar refractivity (Wildman–Crippen MR) is 112 cm³/mol. The third kappa shape index (κ3) is 8.11. The molecule has 3 heteroatoms. The Bertz CT molecular complexity index is 822. The summed E-state index contributed by atoms with van der Waals surface area (Å²) >= 11 is 0. The van der Waals surface area contributed by atoms with E-state index in [9.17, 15) is 0 Å². The third-order valence-electron chi connectivity index (χ3n) is 3.94. The van der Waals surface area contributed by atoms with E-state index in [1.54, 1.807) is 6.20 Å². The van der Waals surface area contributed by atoms with Crippen molar-refractivity contribution in [2.75, 3.05) is 13.6 Å². The van der Waals surface area contributed by atoms with Crippen LogP contribution in [0.25, 0.3) is 0 Å². The van der Waals surface area contributed by atoms with Crippen LogP contribution < -0.4 is 4.74 Å². The first-order valence-corrected chi connectivity index (χ1v) is 9.32. The molecular weight excluding hydrogens is 332 g/mol. The number of hydrogen-bond acceptors (Lipinski definition) is 3. The Morgan fingerprint density at radius 1 is 1.19 bits per heavy atom. The van der Waals surface area contributed by atoms with Crippen LogP contribution in [0.2, 0.25) is 0 Å². The molecule has 0 bridgehead atoms. The molecule has 1 aromatic carbocycles. The second-order valence-electron chi connectivity index (χ2n) is 7.82. The minimum atomic E-state index is 0.0406. The molecule has 0 aliphatic carbocycles. The van der Waals surface area contributed by atoms with E-state index in [1.807, 2.05) is 30.3 Å². The van der Waals surface area contributed by atoms with Crippen LogP contribution in [0.4, 0.5) is 0 Å². The van der Waals surface area contributed by atoms with Gasteiger partial charge in [-0.3, -0.25) is 9.88 Å². The molecule has 0 radical (unpaired) electrons. The third-order valence-corrected chi connectivity index (χ3v) is 3.94. The van der Waals surface area contributed by atoms with E-state index in [1.165, 1.54) is 11.1 Å². The van der Waals surface area contributed by atoms with Gasteiger partial charge in [0, 0.05) is 30.8 Å². The van der Waals surface area contributed by atoms with Crippen LogP contribution in [0, 0.1) is 24.2 Å². The summed E-state index contributed by atoms with van der Waals surface area (Å²) in [6.07, 6.45) is 5.81. The van der Waals surface area contributed by atoms with Gasteiger partial charge in [0.2, 0.25) is 0 Å². The van der Waals surface area contributed by atoms with Gasteiger partial charge in [-0.1, -0.05) is 42.2 Å². The van der Waals surface area contributed by atoms with E-state index in [2.05, 4.69) is 74.7 Å². The lowest BCUT2D eigenvalue weighted by Crippen LogP contribution is -2.18. The topological polar surface area (TPSA) is 25.4 Å². The number of rotatable bonds is 7. The smallest absolute Gasteiger partial charge is 0.123 e. The number of aromatic nitrogens is 1. The number of pyridine rings is 1. The fourth-order valence-electron chi connectivity index (χ4n) is 2.46.